The van der Waals surface area contributed by atoms with Gasteiger partial charge in [-0.1, -0.05) is 18.2 Å². The van der Waals surface area contributed by atoms with Gasteiger partial charge in [-0.25, -0.2) is 9.69 Å². The van der Waals surface area contributed by atoms with Gasteiger partial charge in [0.25, 0.3) is 11.8 Å². The molecule has 2 aliphatic heterocycles. The van der Waals surface area contributed by atoms with Crippen LogP contribution < -0.4 is 4.74 Å². The maximum absolute atomic E-state index is 12.5. The summed E-state index contributed by atoms with van der Waals surface area (Å²) in [5.41, 5.74) is 0. The van der Waals surface area contributed by atoms with Gasteiger partial charge in [-0.2, -0.15) is 0 Å². The molecule has 2 aliphatic rings. The van der Waals surface area contributed by atoms with Gasteiger partial charge in [0, 0.05) is 19.1 Å². The van der Waals surface area contributed by atoms with E-state index in [1.165, 1.54) is 4.90 Å². The van der Waals surface area contributed by atoms with Crippen LogP contribution in [0, 0.1) is 0 Å². The number of ether oxygens (including phenoxy) is 2. The van der Waals surface area contributed by atoms with E-state index in [-0.39, 0.29) is 24.5 Å². The minimum atomic E-state index is -0.581. The molecule has 128 valence electrons. The number of hydrogen-bond donors (Lipinski definition) is 0. The number of hydrogen-bond acceptors (Lipinski definition) is 5. The molecule has 1 aromatic rings. The first-order valence-electron chi connectivity index (χ1n) is 8.05. The van der Waals surface area contributed by atoms with Gasteiger partial charge >= 0.3 is 6.09 Å². The molecule has 0 spiro atoms. The lowest BCUT2D eigenvalue weighted by Crippen LogP contribution is -2.50. The fraction of sp³-hybridized carbons (Fsp3) is 0.471. The molecule has 2 saturated heterocycles. The van der Waals surface area contributed by atoms with Gasteiger partial charge in [-0.05, 0) is 31.9 Å². The standard InChI is InChI=1S/C17H20N2O5/c1-12(24-14-5-3-2-4-6-14)16(21)18-9-7-13(8-10-18)19-15(20)11-23-17(19)22/h2-6,12-13H,7-11H2,1H3/t12-/m1/s1. The van der Waals surface area contributed by atoms with E-state index in [1.54, 1.807) is 24.0 Å². The second-order valence-corrected chi connectivity index (χ2v) is 5.95. The van der Waals surface area contributed by atoms with Crippen molar-refractivity contribution in [1.82, 2.24) is 9.80 Å². The molecular weight excluding hydrogens is 312 g/mol. The smallest absolute Gasteiger partial charge is 0.417 e. The Morgan fingerprint density at radius 2 is 1.88 bits per heavy atom. The average molecular weight is 332 g/mol. The van der Waals surface area contributed by atoms with Crippen molar-refractivity contribution in [3.63, 3.8) is 0 Å². The molecule has 0 radical (unpaired) electrons. The molecule has 0 saturated carbocycles. The molecule has 2 heterocycles. The number of cyclic esters (lactones) is 1. The first-order valence-corrected chi connectivity index (χ1v) is 8.05. The number of nitrogens with zero attached hydrogens (tertiary/aromatic N) is 2. The van der Waals surface area contributed by atoms with Crippen molar-refractivity contribution in [3.8, 4) is 5.75 Å². The molecule has 1 aromatic carbocycles. The third-order valence-corrected chi connectivity index (χ3v) is 4.33. The number of carbonyl (C=O) groups is 3. The summed E-state index contributed by atoms with van der Waals surface area (Å²) in [6.07, 6.45) is -0.0391. The topological polar surface area (TPSA) is 76.2 Å². The van der Waals surface area contributed by atoms with E-state index in [4.69, 9.17) is 9.47 Å². The van der Waals surface area contributed by atoms with Crippen molar-refractivity contribution in [1.29, 1.82) is 0 Å². The van der Waals surface area contributed by atoms with Crippen molar-refractivity contribution in [2.75, 3.05) is 19.7 Å². The van der Waals surface area contributed by atoms with Gasteiger partial charge in [0.15, 0.2) is 12.7 Å². The van der Waals surface area contributed by atoms with Gasteiger partial charge in [-0.15, -0.1) is 0 Å². The Labute approximate surface area is 140 Å². The van der Waals surface area contributed by atoms with Gasteiger partial charge in [0.05, 0.1) is 0 Å². The Morgan fingerprint density at radius 3 is 2.46 bits per heavy atom. The molecule has 0 bridgehead atoms. The molecule has 7 heteroatoms. The van der Waals surface area contributed by atoms with E-state index in [1.807, 2.05) is 18.2 Å². The summed E-state index contributed by atoms with van der Waals surface area (Å²) in [4.78, 5) is 38.7. The number of benzene rings is 1. The minimum Gasteiger partial charge on any atom is -0.481 e. The predicted molar refractivity (Wildman–Crippen MR) is 84.3 cm³/mol. The SMILES string of the molecule is C[C@@H](Oc1ccccc1)C(=O)N1CCC(N2C(=O)COC2=O)CC1. The van der Waals surface area contributed by atoms with E-state index in [2.05, 4.69) is 0 Å². The van der Waals surface area contributed by atoms with Crippen molar-refractivity contribution < 1.29 is 23.9 Å². The van der Waals surface area contributed by atoms with Crippen LogP contribution in [0.25, 0.3) is 0 Å². The molecule has 24 heavy (non-hydrogen) atoms. The number of imide groups is 1. The van der Waals surface area contributed by atoms with E-state index in [9.17, 15) is 14.4 Å². The Kier molecular flexibility index (Phi) is 4.69. The highest BCUT2D eigenvalue weighted by molar-refractivity contribution is 5.98. The number of amides is 3. The van der Waals surface area contributed by atoms with Crippen molar-refractivity contribution >= 4 is 17.9 Å². The van der Waals surface area contributed by atoms with Crippen molar-refractivity contribution in [3.05, 3.63) is 30.3 Å². The van der Waals surface area contributed by atoms with Crippen LogP contribution in [0.4, 0.5) is 4.79 Å². The lowest BCUT2D eigenvalue weighted by molar-refractivity contribution is -0.139. The summed E-state index contributed by atoms with van der Waals surface area (Å²) in [5, 5.41) is 0. The van der Waals surface area contributed by atoms with Crippen LogP contribution in [0.5, 0.6) is 5.75 Å². The molecule has 0 aliphatic carbocycles. The summed E-state index contributed by atoms with van der Waals surface area (Å²) in [7, 11) is 0. The molecule has 7 nitrogen and oxygen atoms in total. The van der Waals surface area contributed by atoms with Crippen LogP contribution in [0.2, 0.25) is 0 Å². The van der Waals surface area contributed by atoms with Crippen LogP contribution >= 0.6 is 0 Å². The van der Waals surface area contributed by atoms with E-state index < -0.39 is 12.2 Å². The van der Waals surface area contributed by atoms with Crippen LogP contribution in [-0.2, 0) is 14.3 Å². The molecular formula is C17H20N2O5. The first-order chi connectivity index (χ1) is 11.6. The van der Waals surface area contributed by atoms with Crippen molar-refractivity contribution in [2.24, 2.45) is 0 Å². The average Bonchev–Trinajstić information content (AvgIpc) is 2.94. The highest BCUT2D eigenvalue weighted by Crippen LogP contribution is 2.22. The lowest BCUT2D eigenvalue weighted by Gasteiger charge is -2.35. The zero-order valence-corrected chi connectivity index (χ0v) is 13.5. The molecule has 1 atom stereocenters. The van der Waals surface area contributed by atoms with Gasteiger partial charge in [0.2, 0.25) is 0 Å². The number of carbonyl (C=O) groups excluding carboxylic acids is 3. The number of piperidine rings is 1. The van der Waals surface area contributed by atoms with E-state index >= 15 is 0 Å². The summed E-state index contributed by atoms with van der Waals surface area (Å²) < 4.78 is 10.4. The van der Waals surface area contributed by atoms with Crippen LogP contribution in [0.1, 0.15) is 19.8 Å². The van der Waals surface area contributed by atoms with Gasteiger partial charge < -0.3 is 14.4 Å². The fourth-order valence-corrected chi connectivity index (χ4v) is 3.07. The quantitative estimate of drug-likeness (QED) is 0.833. The second kappa shape index (κ2) is 6.90. The van der Waals surface area contributed by atoms with Crippen LogP contribution in [0.3, 0.4) is 0 Å². The third kappa shape index (κ3) is 3.34. The number of rotatable bonds is 4. The molecule has 2 fully saturated rings. The van der Waals surface area contributed by atoms with Crippen LogP contribution in [0.15, 0.2) is 30.3 Å². The molecule has 3 amide bonds. The molecule has 0 aromatic heterocycles. The normalized spacial score (nSPS) is 20.0. The molecule has 3 rings (SSSR count). The molecule has 0 N–H and O–H groups in total. The van der Waals surface area contributed by atoms with E-state index in [0.29, 0.717) is 31.7 Å². The van der Waals surface area contributed by atoms with Crippen molar-refractivity contribution in [2.45, 2.75) is 31.9 Å². The largest absolute Gasteiger partial charge is 0.481 e. The highest BCUT2D eigenvalue weighted by atomic mass is 16.6. The third-order valence-electron chi connectivity index (χ3n) is 4.33. The van der Waals surface area contributed by atoms with E-state index in [0.717, 1.165) is 0 Å². The maximum atomic E-state index is 12.5. The zero-order chi connectivity index (χ0) is 17.1. The Hall–Kier alpha value is -2.57. The Morgan fingerprint density at radius 1 is 1.21 bits per heavy atom. The second-order valence-electron chi connectivity index (χ2n) is 5.95. The fourth-order valence-electron chi connectivity index (χ4n) is 3.07. The number of para-hydroxylation sites is 1. The maximum Gasteiger partial charge on any atom is 0.417 e. The molecule has 0 unspecified atom stereocenters. The summed E-state index contributed by atoms with van der Waals surface area (Å²) in [6.45, 7) is 2.52. The predicted octanol–water partition coefficient (Wildman–Crippen LogP) is 1.42. The van der Waals surface area contributed by atoms with Gasteiger partial charge in [0.1, 0.15) is 5.75 Å². The number of likely N-dealkylation sites (tertiary alicyclic amines) is 1. The monoisotopic (exact) mass is 332 g/mol. The minimum absolute atomic E-state index is 0.0902. The van der Waals surface area contributed by atoms with Crippen LogP contribution in [-0.4, -0.2) is 59.5 Å². The highest BCUT2D eigenvalue weighted by Gasteiger charge is 2.39. The summed E-state index contributed by atoms with van der Waals surface area (Å²) in [5.74, 6) is 0.261. The zero-order valence-electron chi connectivity index (χ0n) is 13.5. The summed E-state index contributed by atoms with van der Waals surface area (Å²) in [6, 6.07) is 9.01. The Bertz CT molecular complexity index is 609. The van der Waals surface area contributed by atoms with Gasteiger partial charge in [-0.3, -0.25) is 9.59 Å². The summed E-state index contributed by atoms with van der Waals surface area (Å²) >= 11 is 0. The Balaban J connectivity index is 1.53. The first kappa shape index (κ1) is 16.3. The lowest BCUT2D eigenvalue weighted by atomic mass is 10.0.